The Morgan fingerprint density at radius 3 is 2.57 bits per heavy atom. The molecule has 2 aromatic carbocycles. The SMILES string of the molecule is Cc1cc(NS(=O)(=O)c2ccc3oc(=O)ccc3c2)ccc1N1CCCC1=O. The van der Waals surface area contributed by atoms with Crippen LogP contribution in [0.4, 0.5) is 11.4 Å². The minimum Gasteiger partial charge on any atom is -0.423 e. The van der Waals surface area contributed by atoms with Crippen molar-refractivity contribution in [1.82, 2.24) is 0 Å². The molecule has 1 saturated heterocycles. The summed E-state index contributed by atoms with van der Waals surface area (Å²) in [6, 6.07) is 12.2. The Kier molecular flexibility index (Phi) is 4.43. The molecule has 1 aliphatic rings. The maximum atomic E-state index is 12.7. The van der Waals surface area contributed by atoms with Crippen molar-refractivity contribution in [2.24, 2.45) is 0 Å². The van der Waals surface area contributed by atoms with Crippen LogP contribution in [-0.4, -0.2) is 20.9 Å². The van der Waals surface area contributed by atoms with Gasteiger partial charge >= 0.3 is 5.63 Å². The lowest BCUT2D eigenvalue weighted by molar-refractivity contribution is -0.117. The Morgan fingerprint density at radius 2 is 1.86 bits per heavy atom. The number of sulfonamides is 1. The third kappa shape index (κ3) is 3.38. The van der Waals surface area contributed by atoms with Crippen LogP contribution in [0.5, 0.6) is 0 Å². The van der Waals surface area contributed by atoms with Crippen LogP contribution in [-0.2, 0) is 14.8 Å². The van der Waals surface area contributed by atoms with Gasteiger partial charge in [-0.1, -0.05) is 0 Å². The zero-order valence-corrected chi connectivity index (χ0v) is 16.0. The van der Waals surface area contributed by atoms with E-state index < -0.39 is 15.6 Å². The van der Waals surface area contributed by atoms with Crippen molar-refractivity contribution in [1.29, 1.82) is 0 Å². The van der Waals surface area contributed by atoms with Crippen LogP contribution in [0, 0.1) is 6.92 Å². The van der Waals surface area contributed by atoms with E-state index in [9.17, 15) is 18.0 Å². The number of carbonyl (C=O) groups is 1. The highest BCUT2D eigenvalue weighted by atomic mass is 32.2. The lowest BCUT2D eigenvalue weighted by Crippen LogP contribution is -2.24. The molecule has 1 N–H and O–H groups in total. The van der Waals surface area contributed by atoms with E-state index in [0.29, 0.717) is 29.6 Å². The largest absolute Gasteiger partial charge is 0.423 e. The molecule has 144 valence electrons. The quantitative estimate of drug-likeness (QED) is 0.682. The Balaban J connectivity index is 1.62. The first kappa shape index (κ1) is 18.2. The minimum atomic E-state index is -3.82. The summed E-state index contributed by atoms with van der Waals surface area (Å²) >= 11 is 0. The van der Waals surface area contributed by atoms with Crippen LogP contribution in [0.2, 0.25) is 0 Å². The monoisotopic (exact) mass is 398 g/mol. The van der Waals surface area contributed by atoms with Crippen LogP contribution in [0.3, 0.4) is 0 Å². The Hall–Kier alpha value is -3.13. The molecular formula is C20H18N2O5S. The van der Waals surface area contributed by atoms with Gasteiger partial charge < -0.3 is 9.32 Å². The maximum absolute atomic E-state index is 12.7. The van der Waals surface area contributed by atoms with E-state index in [1.165, 1.54) is 30.3 Å². The van der Waals surface area contributed by atoms with E-state index >= 15 is 0 Å². The van der Waals surface area contributed by atoms with Crippen LogP contribution in [0.25, 0.3) is 11.0 Å². The third-order valence-corrected chi connectivity index (χ3v) is 6.09. The molecule has 7 nitrogen and oxygen atoms in total. The number of nitrogens with one attached hydrogen (secondary N) is 1. The van der Waals surface area contributed by atoms with E-state index in [0.717, 1.165) is 17.7 Å². The number of hydrogen-bond donors (Lipinski definition) is 1. The van der Waals surface area contributed by atoms with Crippen molar-refractivity contribution in [3.8, 4) is 0 Å². The van der Waals surface area contributed by atoms with Crippen molar-refractivity contribution in [3.05, 3.63) is 64.5 Å². The number of carbonyl (C=O) groups excluding carboxylic acids is 1. The third-order valence-electron chi connectivity index (χ3n) is 4.71. The molecule has 0 bridgehead atoms. The Labute approximate surface area is 161 Å². The summed E-state index contributed by atoms with van der Waals surface area (Å²) in [6.45, 7) is 2.52. The molecule has 4 rings (SSSR count). The summed E-state index contributed by atoms with van der Waals surface area (Å²) in [5.41, 5.74) is 1.85. The minimum absolute atomic E-state index is 0.0605. The van der Waals surface area contributed by atoms with Crippen molar-refractivity contribution in [2.45, 2.75) is 24.7 Å². The second-order valence-electron chi connectivity index (χ2n) is 6.71. The molecule has 0 aliphatic carbocycles. The summed E-state index contributed by atoms with van der Waals surface area (Å²) in [5, 5.41) is 0.515. The van der Waals surface area contributed by atoms with Crippen molar-refractivity contribution >= 4 is 38.3 Å². The molecule has 8 heteroatoms. The lowest BCUT2D eigenvalue weighted by Gasteiger charge is -2.19. The predicted octanol–water partition coefficient (Wildman–Crippen LogP) is 3.03. The summed E-state index contributed by atoms with van der Waals surface area (Å²) in [4.78, 5) is 25.0. The molecule has 0 spiro atoms. The molecule has 0 atom stereocenters. The highest BCUT2D eigenvalue weighted by molar-refractivity contribution is 7.92. The summed E-state index contributed by atoms with van der Waals surface area (Å²) in [7, 11) is -3.82. The highest BCUT2D eigenvalue weighted by Gasteiger charge is 2.23. The fraction of sp³-hybridized carbons (Fsp3) is 0.200. The van der Waals surface area contributed by atoms with Crippen molar-refractivity contribution < 1.29 is 17.6 Å². The molecule has 1 aliphatic heterocycles. The zero-order chi connectivity index (χ0) is 19.9. The van der Waals surface area contributed by atoms with Gasteiger partial charge in [0, 0.05) is 35.8 Å². The van der Waals surface area contributed by atoms with E-state index in [4.69, 9.17) is 4.42 Å². The fourth-order valence-corrected chi connectivity index (χ4v) is 4.44. The average molecular weight is 398 g/mol. The van der Waals surface area contributed by atoms with Gasteiger partial charge in [0.25, 0.3) is 10.0 Å². The Morgan fingerprint density at radius 1 is 1.04 bits per heavy atom. The smallest absolute Gasteiger partial charge is 0.336 e. The van der Waals surface area contributed by atoms with Crippen molar-refractivity contribution in [2.75, 3.05) is 16.2 Å². The number of aryl methyl sites for hydroxylation is 1. The molecule has 1 aromatic heterocycles. The first-order valence-corrected chi connectivity index (χ1v) is 10.3. The number of benzene rings is 2. The normalized spacial score (nSPS) is 14.6. The maximum Gasteiger partial charge on any atom is 0.336 e. The standard InChI is InChI=1S/C20H18N2O5S/c1-13-11-15(5-7-17(13)22-10-2-3-19(22)23)21-28(25,26)16-6-8-18-14(12-16)4-9-20(24)27-18/h4-9,11-12,21H,2-3,10H2,1H3. The summed E-state index contributed by atoms with van der Waals surface area (Å²) in [6.07, 6.45) is 1.37. The van der Waals surface area contributed by atoms with E-state index in [2.05, 4.69) is 4.72 Å². The molecule has 3 aromatic rings. The number of rotatable bonds is 4. The molecule has 2 heterocycles. The van der Waals surface area contributed by atoms with Crippen molar-refractivity contribution in [3.63, 3.8) is 0 Å². The lowest BCUT2D eigenvalue weighted by atomic mass is 10.1. The van der Waals surface area contributed by atoms with E-state index in [1.54, 1.807) is 23.1 Å². The number of nitrogens with zero attached hydrogens (tertiary/aromatic N) is 1. The van der Waals surface area contributed by atoms with Gasteiger partial charge in [0.15, 0.2) is 0 Å². The molecule has 0 unspecified atom stereocenters. The molecule has 1 amide bonds. The van der Waals surface area contributed by atoms with Gasteiger partial charge in [-0.2, -0.15) is 0 Å². The van der Waals surface area contributed by atoms with Crippen LogP contribution in [0.1, 0.15) is 18.4 Å². The molecule has 28 heavy (non-hydrogen) atoms. The topological polar surface area (TPSA) is 96.7 Å². The highest BCUT2D eigenvalue weighted by Crippen LogP contribution is 2.28. The van der Waals surface area contributed by atoms with Gasteiger partial charge in [0.1, 0.15) is 5.58 Å². The molecule has 0 saturated carbocycles. The second-order valence-corrected chi connectivity index (χ2v) is 8.39. The number of amides is 1. The molecule has 0 radical (unpaired) electrons. The predicted molar refractivity (Wildman–Crippen MR) is 106 cm³/mol. The van der Waals surface area contributed by atoms with Gasteiger partial charge in [-0.15, -0.1) is 0 Å². The molecule has 1 fully saturated rings. The van der Waals surface area contributed by atoms with Gasteiger partial charge in [0.05, 0.1) is 4.90 Å². The van der Waals surface area contributed by atoms with Crippen LogP contribution < -0.4 is 15.2 Å². The molecular weight excluding hydrogens is 380 g/mol. The summed E-state index contributed by atoms with van der Waals surface area (Å²) in [5.74, 6) is 0.0826. The van der Waals surface area contributed by atoms with E-state index in [1.807, 2.05) is 6.92 Å². The Bertz CT molecular complexity index is 1250. The van der Waals surface area contributed by atoms with Gasteiger partial charge in [-0.25, -0.2) is 13.2 Å². The van der Waals surface area contributed by atoms with Crippen LogP contribution >= 0.6 is 0 Å². The van der Waals surface area contributed by atoms with Crippen LogP contribution in [0.15, 0.2) is 62.6 Å². The first-order valence-electron chi connectivity index (χ1n) is 8.81. The van der Waals surface area contributed by atoms with Gasteiger partial charge in [-0.05, 0) is 61.4 Å². The fourth-order valence-electron chi connectivity index (χ4n) is 3.36. The number of hydrogen-bond acceptors (Lipinski definition) is 5. The first-order chi connectivity index (χ1) is 13.3. The second kappa shape index (κ2) is 6.79. The summed E-state index contributed by atoms with van der Waals surface area (Å²) < 4.78 is 33.1. The zero-order valence-electron chi connectivity index (χ0n) is 15.1. The number of anilines is 2. The average Bonchev–Trinajstić information content (AvgIpc) is 3.06. The number of fused-ring (bicyclic) bond motifs is 1. The van der Waals surface area contributed by atoms with Gasteiger partial charge in [-0.3, -0.25) is 9.52 Å². The van der Waals surface area contributed by atoms with Gasteiger partial charge in [0.2, 0.25) is 5.91 Å². The van der Waals surface area contributed by atoms with E-state index in [-0.39, 0.29) is 10.8 Å².